The number of urea groups is 1. The number of carbonyl (C=O) groups excluding carboxylic acids is 2. The first-order valence-corrected chi connectivity index (χ1v) is 7.83. The third-order valence-corrected chi connectivity index (χ3v) is 4.01. The summed E-state index contributed by atoms with van der Waals surface area (Å²) in [6, 6.07) is 7.60. The Morgan fingerprint density at radius 1 is 1.38 bits per heavy atom. The molecule has 0 aromatic heterocycles. The van der Waals surface area contributed by atoms with Crippen molar-refractivity contribution in [1.29, 1.82) is 0 Å². The summed E-state index contributed by atoms with van der Waals surface area (Å²) in [7, 11) is 0. The van der Waals surface area contributed by atoms with Crippen molar-refractivity contribution in [1.82, 2.24) is 15.5 Å². The fraction of sp³-hybridized carbons (Fsp3) is 0.467. The van der Waals surface area contributed by atoms with Crippen LogP contribution in [0.4, 0.5) is 4.79 Å². The zero-order chi connectivity index (χ0) is 15.4. The van der Waals surface area contributed by atoms with Crippen LogP contribution in [-0.2, 0) is 11.3 Å². The summed E-state index contributed by atoms with van der Waals surface area (Å²) in [5.41, 5.74) is 1.03. The second-order valence-electron chi connectivity index (χ2n) is 5.49. The number of hydrogen-bond donors (Lipinski definition) is 2. The summed E-state index contributed by atoms with van der Waals surface area (Å²) < 4.78 is 1.01. The Labute approximate surface area is 133 Å². The molecule has 1 fully saturated rings. The monoisotopic (exact) mass is 353 g/mol. The molecule has 21 heavy (non-hydrogen) atoms. The lowest BCUT2D eigenvalue weighted by Gasteiger charge is -2.21. The van der Waals surface area contributed by atoms with Gasteiger partial charge in [0, 0.05) is 30.0 Å². The van der Waals surface area contributed by atoms with E-state index >= 15 is 0 Å². The highest BCUT2D eigenvalue weighted by molar-refractivity contribution is 9.10. The molecule has 1 aromatic rings. The fourth-order valence-corrected chi connectivity index (χ4v) is 2.61. The Hall–Kier alpha value is -1.56. The average molecular weight is 354 g/mol. The van der Waals surface area contributed by atoms with Crippen LogP contribution in [0.2, 0.25) is 0 Å². The van der Waals surface area contributed by atoms with Gasteiger partial charge in [-0.15, -0.1) is 0 Å². The van der Waals surface area contributed by atoms with Crippen LogP contribution in [0.5, 0.6) is 0 Å². The molecule has 6 heteroatoms. The molecule has 1 aromatic carbocycles. The maximum absolute atomic E-state index is 11.9. The summed E-state index contributed by atoms with van der Waals surface area (Å²) in [6.07, 6.45) is 0.379. The number of benzene rings is 1. The summed E-state index contributed by atoms with van der Waals surface area (Å²) >= 11 is 3.37. The quantitative estimate of drug-likeness (QED) is 0.871. The maximum atomic E-state index is 11.9. The van der Waals surface area contributed by atoms with Crippen LogP contribution in [-0.4, -0.2) is 35.5 Å². The van der Waals surface area contributed by atoms with Gasteiger partial charge < -0.3 is 15.5 Å². The summed E-state index contributed by atoms with van der Waals surface area (Å²) in [4.78, 5) is 25.4. The predicted molar refractivity (Wildman–Crippen MR) is 84.8 cm³/mol. The average Bonchev–Trinajstić information content (AvgIpc) is 2.79. The lowest BCUT2D eigenvalue weighted by Crippen LogP contribution is -2.43. The van der Waals surface area contributed by atoms with Gasteiger partial charge in [0.2, 0.25) is 5.91 Å². The number of halogens is 1. The van der Waals surface area contributed by atoms with Crippen LogP contribution >= 0.6 is 15.9 Å². The van der Waals surface area contributed by atoms with Crippen molar-refractivity contribution < 1.29 is 9.59 Å². The number of nitrogens with one attached hydrogen (secondary N) is 2. The first-order valence-electron chi connectivity index (χ1n) is 7.04. The second-order valence-corrected chi connectivity index (χ2v) is 6.41. The molecule has 1 atom stereocenters. The number of rotatable bonds is 4. The zero-order valence-corrected chi connectivity index (χ0v) is 13.8. The number of likely N-dealkylation sites (tertiary alicyclic amines) is 1. The van der Waals surface area contributed by atoms with E-state index in [0.717, 1.165) is 10.0 Å². The van der Waals surface area contributed by atoms with Gasteiger partial charge in [0.25, 0.3) is 0 Å². The Morgan fingerprint density at radius 3 is 2.62 bits per heavy atom. The number of amides is 3. The van der Waals surface area contributed by atoms with E-state index in [1.807, 2.05) is 38.1 Å². The SMILES string of the molecule is CC(C)N1CC(NC(=O)NCc2ccc(Br)cc2)CC1=O. The standard InChI is InChI=1S/C15H20BrN3O2/c1-10(2)19-9-13(7-14(19)20)18-15(21)17-8-11-3-5-12(16)6-4-11/h3-6,10,13H,7-9H2,1-2H3,(H2,17,18,21). The van der Waals surface area contributed by atoms with E-state index in [4.69, 9.17) is 0 Å². The van der Waals surface area contributed by atoms with Gasteiger partial charge in [-0.1, -0.05) is 28.1 Å². The molecule has 1 heterocycles. The van der Waals surface area contributed by atoms with Gasteiger partial charge in [0.15, 0.2) is 0 Å². The topological polar surface area (TPSA) is 61.4 Å². The number of hydrogen-bond acceptors (Lipinski definition) is 2. The maximum Gasteiger partial charge on any atom is 0.315 e. The van der Waals surface area contributed by atoms with Crippen LogP contribution in [0.25, 0.3) is 0 Å². The van der Waals surface area contributed by atoms with Gasteiger partial charge in [-0.3, -0.25) is 4.79 Å². The zero-order valence-electron chi connectivity index (χ0n) is 12.2. The fourth-order valence-electron chi connectivity index (χ4n) is 2.35. The Bertz CT molecular complexity index is 516. The molecule has 1 unspecified atom stereocenters. The first-order chi connectivity index (χ1) is 9.95. The van der Waals surface area contributed by atoms with E-state index < -0.39 is 0 Å². The van der Waals surface area contributed by atoms with Crippen molar-refractivity contribution in [2.75, 3.05) is 6.54 Å². The van der Waals surface area contributed by atoms with Crippen molar-refractivity contribution in [3.8, 4) is 0 Å². The smallest absolute Gasteiger partial charge is 0.315 e. The lowest BCUT2D eigenvalue weighted by atomic mass is 10.2. The third kappa shape index (κ3) is 4.46. The Morgan fingerprint density at radius 2 is 2.05 bits per heavy atom. The molecule has 1 saturated heterocycles. The minimum atomic E-state index is -0.235. The van der Waals surface area contributed by atoms with Crippen LogP contribution in [0.3, 0.4) is 0 Å². The van der Waals surface area contributed by atoms with Gasteiger partial charge in [-0.05, 0) is 31.5 Å². The van der Waals surface area contributed by atoms with E-state index in [2.05, 4.69) is 26.6 Å². The largest absolute Gasteiger partial charge is 0.338 e. The van der Waals surface area contributed by atoms with Crippen LogP contribution in [0.1, 0.15) is 25.8 Å². The third-order valence-electron chi connectivity index (χ3n) is 3.48. The normalized spacial score (nSPS) is 18.2. The molecular formula is C15H20BrN3O2. The van der Waals surface area contributed by atoms with Crippen molar-refractivity contribution >= 4 is 27.9 Å². The second kappa shape index (κ2) is 6.93. The molecule has 5 nitrogen and oxygen atoms in total. The molecule has 2 rings (SSSR count). The van der Waals surface area contributed by atoms with Crippen molar-refractivity contribution in [2.24, 2.45) is 0 Å². The molecule has 0 aliphatic carbocycles. The van der Waals surface area contributed by atoms with E-state index in [9.17, 15) is 9.59 Å². The van der Waals surface area contributed by atoms with E-state index in [0.29, 0.717) is 19.5 Å². The van der Waals surface area contributed by atoms with Crippen molar-refractivity contribution in [3.05, 3.63) is 34.3 Å². The van der Waals surface area contributed by atoms with Crippen LogP contribution in [0, 0.1) is 0 Å². The molecule has 0 radical (unpaired) electrons. The summed E-state index contributed by atoms with van der Waals surface area (Å²) in [5.74, 6) is 0.100. The lowest BCUT2D eigenvalue weighted by molar-refractivity contribution is -0.129. The van der Waals surface area contributed by atoms with E-state index in [-0.39, 0.29) is 24.0 Å². The van der Waals surface area contributed by atoms with Crippen molar-refractivity contribution in [3.63, 3.8) is 0 Å². The van der Waals surface area contributed by atoms with Crippen molar-refractivity contribution in [2.45, 2.75) is 38.9 Å². The molecule has 3 amide bonds. The highest BCUT2D eigenvalue weighted by Gasteiger charge is 2.31. The first kappa shape index (κ1) is 15.8. The molecule has 114 valence electrons. The Kier molecular flexibility index (Phi) is 5.22. The Balaban J connectivity index is 1.77. The molecular weight excluding hydrogens is 334 g/mol. The summed E-state index contributed by atoms with van der Waals surface area (Å²) in [6.45, 7) is 5.01. The molecule has 0 saturated carbocycles. The molecule has 2 N–H and O–H groups in total. The summed E-state index contributed by atoms with van der Waals surface area (Å²) in [5, 5.41) is 5.66. The number of nitrogens with zero attached hydrogens (tertiary/aromatic N) is 1. The molecule has 1 aliphatic rings. The molecule has 0 spiro atoms. The van der Waals surface area contributed by atoms with Gasteiger partial charge in [-0.25, -0.2) is 4.79 Å². The molecule has 0 bridgehead atoms. The molecule has 1 aliphatic heterocycles. The minimum Gasteiger partial charge on any atom is -0.338 e. The van der Waals surface area contributed by atoms with Gasteiger partial charge in [-0.2, -0.15) is 0 Å². The van der Waals surface area contributed by atoms with Crippen LogP contribution in [0.15, 0.2) is 28.7 Å². The number of carbonyl (C=O) groups is 2. The van der Waals surface area contributed by atoms with Gasteiger partial charge >= 0.3 is 6.03 Å². The highest BCUT2D eigenvalue weighted by atomic mass is 79.9. The van der Waals surface area contributed by atoms with Crippen LogP contribution < -0.4 is 10.6 Å². The van der Waals surface area contributed by atoms with Gasteiger partial charge in [0.05, 0.1) is 6.04 Å². The highest BCUT2D eigenvalue weighted by Crippen LogP contribution is 2.14. The predicted octanol–water partition coefficient (Wildman–Crippen LogP) is 2.26. The minimum absolute atomic E-state index is 0.100. The van der Waals surface area contributed by atoms with E-state index in [1.54, 1.807) is 4.90 Å². The van der Waals surface area contributed by atoms with Gasteiger partial charge in [0.1, 0.15) is 0 Å². The van der Waals surface area contributed by atoms with E-state index in [1.165, 1.54) is 0 Å².